The molecule has 0 saturated carbocycles. The zero-order valence-corrected chi connectivity index (χ0v) is 15.7. The van der Waals surface area contributed by atoms with Crippen LogP contribution in [0.4, 0.5) is 5.69 Å². The maximum atomic E-state index is 13.0. The Hall–Kier alpha value is -1.53. The highest BCUT2D eigenvalue weighted by atomic mass is 79.9. The third-order valence-corrected chi connectivity index (χ3v) is 6.29. The van der Waals surface area contributed by atoms with Gasteiger partial charge in [0.2, 0.25) is 6.79 Å². The molecule has 6 nitrogen and oxygen atoms in total. The van der Waals surface area contributed by atoms with Crippen molar-refractivity contribution in [1.29, 1.82) is 0 Å². The number of fused-ring (bicyclic) bond motifs is 1. The number of hydrogen-bond acceptors (Lipinski definition) is 6. The molecular weight excluding hydrogens is 397 g/mol. The summed E-state index contributed by atoms with van der Waals surface area (Å²) in [5, 5.41) is 3.23. The lowest BCUT2D eigenvalue weighted by atomic mass is 10.2. The summed E-state index contributed by atoms with van der Waals surface area (Å²) < 4.78 is 35.1. The predicted octanol–water partition coefficient (Wildman–Crippen LogP) is 4.77. The van der Waals surface area contributed by atoms with Gasteiger partial charge in [-0.05, 0) is 42.0 Å². The van der Waals surface area contributed by atoms with Gasteiger partial charge in [-0.15, -0.1) is 0 Å². The van der Waals surface area contributed by atoms with Crippen LogP contribution in [0.3, 0.4) is 0 Å². The van der Waals surface area contributed by atoms with Gasteiger partial charge in [0, 0.05) is 24.4 Å². The molecule has 1 heterocycles. The van der Waals surface area contributed by atoms with Gasteiger partial charge >= 0.3 is 7.60 Å². The molecule has 0 bridgehead atoms. The second kappa shape index (κ2) is 7.15. The molecule has 1 unspecified atom stereocenters. The molecule has 0 fully saturated rings. The first kappa shape index (κ1) is 17.3. The van der Waals surface area contributed by atoms with E-state index in [-0.39, 0.29) is 6.79 Å². The lowest BCUT2D eigenvalue weighted by molar-refractivity contribution is 0.174. The minimum Gasteiger partial charge on any atom is -0.454 e. The van der Waals surface area contributed by atoms with Crippen LogP contribution in [0.1, 0.15) is 11.3 Å². The third-order valence-electron chi connectivity index (χ3n) is 3.69. The molecule has 0 aromatic heterocycles. The van der Waals surface area contributed by atoms with E-state index in [1.54, 1.807) is 12.1 Å². The Labute approximate surface area is 148 Å². The molecular formula is C16H17BrNO5P. The van der Waals surface area contributed by atoms with Crippen molar-refractivity contribution in [2.24, 2.45) is 0 Å². The van der Waals surface area contributed by atoms with Gasteiger partial charge in [-0.1, -0.05) is 22.0 Å². The van der Waals surface area contributed by atoms with Crippen LogP contribution in [-0.4, -0.2) is 21.0 Å². The standard InChI is InChI=1S/C16H17BrNO5P/c1-20-24(19,21-2)16(18-13-6-4-12(17)5-7-13)11-3-8-14-15(9-11)23-10-22-14/h3-9,16,18H,10H2,1-2H3. The summed E-state index contributed by atoms with van der Waals surface area (Å²) in [6.07, 6.45) is 0. The van der Waals surface area contributed by atoms with Crippen molar-refractivity contribution in [2.75, 3.05) is 26.3 Å². The fourth-order valence-corrected chi connectivity index (χ4v) is 4.09. The summed E-state index contributed by atoms with van der Waals surface area (Å²) in [4.78, 5) is 0. The average molecular weight is 414 g/mol. The van der Waals surface area contributed by atoms with Gasteiger partial charge in [-0.3, -0.25) is 4.57 Å². The van der Waals surface area contributed by atoms with E-state index in [4.69, 9.17) is 18.5 Å². The van der Waals surface area contributed by atoms with Gasteiger partial charge in [0.05, 0.1) is 0 Å². The highest BCUT2D eigenvalue weighted by Gasteiger charge is 2.36. The quantitative estimate of drug-likeness (QED) is 0.687. The second-order valence-electron chi connectivity index (χ2n) is 5.07. The fourth-order valence-electron chi connectivity index (χ4n) is 2.42. The molecule has 0 aliphatic carbocycles. The predicted molar refractivity (Wildman–Crippen MR) is 94.7 cm³/mol. The lowest BCUT2D eigenvalue weighted by Crippen LogP contribution is -2.13. The molecule has 0 radical (unpaired) electrons. The van der Waals surface area contributed by atoms with Crippen LogP contribution in [0.5, 0.6) is 11.5 Å². The van der Waals surface area contributed by atoms with Crippen LogP contribution in [0.25, 0.3) is 0 Å². The Bertz CT molecular complexity index is 760. The van der Waals surface area contributed by atoms with E-state index < -0.39 is 13.4 Å². The van der Waals surface area contributed by atoms with E-state index in [2.05, 4.69) is 21.2 Å². The molecule has 8 heteroatoms. The van der Waals surface area contributed by atoms with Crippen molar-refractivity contribution in [2.45, 2.75) is 5.78 Å². The Morgan fingerprint density at radius 3 is 2.42 bits per heavy atom. The van der Waals surface area contributed by atoms with Crippen molar-refractivity contribution in [1.82, 2.24) is 0 Å². The normalized spacial score (nSPS) is 14.5. The van der Waals surface area contributed by atoms with E-state index in [0.717, 1.165) is 10.2 Å². The largest absolute Gasteiger partial charge is 0.454 e. The van der Waals surface area contributed by atoms with Gasteiger partial charge in [-0.25, -0.2) is 0 Å². The first-order chi connectivity index (χ1) is 11.6. The summed E-state index contributed by atoms with van der Waals surface area (Å²) in [6, 6.07) is 12.9. The molecule has 1 aliphatic rings. The van der Waals surface area contributed by atoms with E-state index in [1.165, 1.54) is 14.2 Å². The molecule has 0 saturated heterocycles. The third kappa shape index (κ3) is 3.44. The second-order valence-corrected chi connectivity index (χ2v) is 8.31. The number of anilines is 1. The molecule has 2 aromatic rings. The zero-order chi connectivity index (χ0) is 17.2. The minimum absolute atomic E-state index is 0.176. The number of ether oxygens (including phenoxy) is 2. The number of benzene rings is 2. The lowest BCUT2D eigenvalue weighted by Gasteiger charge is -2.26. The maximum Gasteiger partial charge on any atom is 0.356 e. The highest BCUT2D eigenvalue weighted by Crippen LogP contribution is 2.60. The van der Waals surface area contributed by atoms with Gasteiger partial charge in [-0.2, -0.15) is 0 Å². The first-order valence-electron chi connectivity index (χ1n) is 7.18. The van der Waals surface area contributed by atoms with Crippen molar-refractivity contribution >= 4 is 29.2 Å². The van der Waals surface area contributed by atoms with Crippen LogP contribution in [0.2, 0.25) is 0 Å². The van der Waals surface area contributed by atoms with Gasteiger partial charge < -0.3 is 23.8 Å². The van der Waals surface area contributed by atoms with Crippen molar-refractivity contribution in [3.63, 3.8) is 0 Å². The summed E-state index contributed by atoms with van der Waals surface area (Å²) in [7, 11) is -0.698. The van der Waals surface area contributed by atoms with Crippen LogP contribution in [-0.2, 0) is 13.6 Å². The molecule has 1 aliphatic heterocycles. The molecule has 24 heavy (non-hydrogen) atoms. The summed E-state index contributed by atoms with van der Waals surface area (Å²) >= 11 is 3.39. The van der Waals surface area contributed by atoms with Crippen LogP contribution in [0, 0.1) is 0 Å². The molecule has 0 spiro atoms. The van der Waals surface area contributed by atoms with Crippen molar-refractivity contribution in [3.05, 3.63) is 52.5 Å². The summed E-state index contributed by atoms with van der Waals surface area (Å²) in [5.41, 5.74) is 1.50. The number of rotatable bonds is 6. The average Bonchev–Trinajstić information content (AvgIpc) is 3.08. The molecule has 3 rings (SSSR count). The molecule has 128 valence electrons. The van der Waals surface area contributed by atoms with E-state index >= 15 is 0 Å². The molecule has 1 N–H and O–H groups in total. The monoisotopic (exact) mass is 413 g/mol. The highest BCUT2D eigenvalue weighted by molar-refractivity contribution is 9.10. The van der Waals surface area contributed by atoms with E-state index in [0.29, 0.717) is 17.1 Å². The fraction of sp³-hybridized carbons (Fsp3) is 0.250. The Morgan fingerprint density at radius 2 is 1.75 bits per heavy atom. The Balaban J connectivity index is 1.98. The van der Waals surface area contributed by atoms with Crippen molar-refractivity contribution in [3.8, 4) is 11.5 Å². The van der Waals surface area contributed by atoms with E-state index in [9.17, 15) is 4.57 Å². The van der Waals surface area contributed by atoms with Gasteiger partial charge in [0.25, 0.3) is 0 Å². The maximum absolute atomic E-state index is 13.0. The topological polar surface area (TPSA) is 66.0 Å². The molecule has 1 atom stereocenters. The van der Waals surface area contributed by atoms with Crippen LogP contribution in [0.15, 0.2) is 46.9 Å². The summed E-state index contributed by atoms with van der Waals surface area (Å²) in [5.74, 6) is 0.572. The number of nitrogens with one attached hydrogen (secondary N) is 1. The van der Waals surface area contributed by atoms with Crippen LogP contribution >= 0.6 is 23.5 Å². The number of hydrogen-bond donors (Lipinski definition) is 1. The Kier molecular flexibility index (Phi) is 5.15. The first-order valence-corrected chi connectivity index (χ1v) is 9.59. The summed E-state index contributed by atoms with van der Waals surface area (Å²) in [6.45, 7) is 0.176. The SMILES string of the molecule is COP(=O)(OC)C(Nc1ccc(Br)cc1)c1ccc2c(c1)OCO2. The Morgan fingerprint density at radius 1 is 1.08 bits per heavy atom. The molecule has 2 aromatic carbocycles. The van der Waals surface area contributed by atoms with Gasteiger partial charge in [0.15, 0.2) is 17.3 Å². The van der Waals surface area contributed by atoms with Gasteiger partial charge in [0.1, 0.15) is 0 Å². The van der Waals surface area contributed by atoms with E-state index in [1.807, 2.05) is 30.3 Å². The zero-order valence-electron chi connectivity index (χ0n) is 13.2. The number of halogens is 1. The van der Waals surface area contributed by atoms with Crippen LogP contribution < -0.4 is 14.8 Å². The van der Waals surface area contributed by atoms with Crippen molar-refractivity contribution < 1.29 is 23.1 Å². The smallest absolute Gasteiger partial charge is 0.356 e. The molecule has 0 amide bonds. The minimum atomic E-state index is -3.43.